The number of hydrogen-bond acceptors (Lipinski definition) is 5. The first-order valence-corrected chi connectivity index (χ1v) is 10.5. The number of amides is 1. The normalized spacial score (nSPS) is 20.4. The summed E-state index contributed by atoms with van der Waals surface area (Å²) >= 11 is 0. The van der Waals surface area contributed by atoms with Gasteiger partial charge in [-0.25, -0.2) is 4.79 Å². The first-order valence-electron chi connectivity index (χ1n) is 10.5. The topological polar surface area (TPSA) is 83.6 Å². The Bertz CT molecular complexity index is 525. The summed E-state index contributed by atoms with van der Waals surface area (Å²) in [4.78, 5) is 23.2. The van der Waals surface area contributed by atoms with Crippen molar-refractivity contribution in [3.05, 3.63) is 0 Å². The van der Waals surface area contributed by atoms with Gasteiger partial charge in [0.1, 0.15) is 5.60 Å². The van der Waals surface area contributed by atoms with Gasteiger partial charge in [-0.05, 0) is 33.1 Å². The van der Waals surface area contributed by atoms with E-state index in [1.165, 1.54) is 0 Å². The summed E-state index contributed by atoms with van der Waals surface area (Å²) in [7, 11) is 0. The number of carbonyl (C=O) groups is 1. The lowest BCUT2D eigenvalue weighted by atomic mass is 10.0. The molecule has 2 aliphatic heterocycles. The minimum atomic E-state index is -0.473. The zero-order valence-electron chi connectivity index (χ0n) is 18.7. The summed E-state index contributed by atoms with van der Waals surface area (Å²) in [5, 5.41) is 0. The molecule has 0 aromatic carbocycles. The fraction of sp³-hybridized carbons (Fsp3) is 0.900. The molecule has 0 aromatic rings. The number of piperazine rings is 1. The number of halogens is 1. The Morgan fingerprint density at radius 2 is 1.62 bits per heavy atom. The lowest BCUT2D eigenvalue weighted by molar-refractivity contribution is 0.0140. The number of rotatable bonds is 5. The van der Waals surface area contributed by atoms with Crippen LogP contribution in [-0.4, -0.2) is 97.4 Å². The molecule has 2 fully saturated rings. The van der Waals surface area contributed by atoms with E-state index < -0.39 is 5.60 Å². The van der Waals surface area contributed by atoms with Crippen LogP contribution in [0.1, 0.15) is 41.0 Å². The van der Waals surface area contributed by atoms with Crippen LogP contribution in [-0.2, 0) is 9.47 Å². The largest absolute Gasteiger partial charge is 0.444 e. The maximum atomic E-state index is 12.2. The number of ether oxygens (including phenoxy) is 2. The van der Waals surface area contributed by atoms with E-state index in [1.807, 2.05) is 20.8 Å². The molecular weight excluding hydrogens is 485 g/mol. The predicted octanol–water partition coefficient (Wildman–Crippen LogP) is 2.22. The minimum Gasteiger partial charge on any atom is -0.444 e. The number of guanidine groups is 1. The molecule has 2 saturated heterocycles. The fourth-order valence-electron chi connectivity index (χ4n) is 3.57. The maximum Gasteiger partial charge on any atom is 0.410 e. The van der Waals surface area contributed by atoms with Gasteiger partial charge < -0.3 is 25.0 Å². The smallest absolute Gasteiger partial charge is 0.410 e. The van der Waals surface area contributed by atoms with Crippen molar-refractivity contribution >= 4 is 36.0 Å². The molecular formula is C20H40IN5O3. The molecule has 1 amide bonds. The molecule has 2 rings (SSSR count). The molecule has 1 atom stereocenters. The Kier molecular flexibility index (Phi) is 11.0. The highest BCUT2D eigenvalue weighted by Gasteiger charge is 2.27. The van der Waals surface area contributed by atoms with Crippen LogP contribution in [0, 0.1) is 5.92 Å². The van der Waals surface area contributed by atoms with Gasteiger partial charge in [0.05, 0.1) is 19.8 Å². The lowest BCUT2D eigenvalue weighted by Gasteiger charge is -2.37. The minimum absolute atomic E-state index is 0. The van der Waals surface area contributed by atoms with E-state index in [0.717, 1.165) is 32.7 Å². The van der Waals surface area contributed by atoms with Crippen LogP contribution in [0.5, 0.6) is 0 Å². The second-order valence-corrected chi connectivity index (χ2v) is 9.09. The molecule has 29 heavy (non-hydrogen) atoms. The molecule has 0 spiro atoms. The second-order valence-electron chi connectivity index (χ2n) is 9.09. The van der Waals surface area contributed by atoms with E-state index in [0.29, 0.717) is 50.6 Å². The molecule has 0 bridgehead atoms. The molecule has 0 saturated carbocycles. The monoisotopic (exact) mass is 525 g/mol. The van der Waals surface area contributed by atoms with Crippen LogP contribution < -0.4 is 5.73 Å². The van der Waals surface area contributed by atoms with Gasteiger partial charge in [-0.3, -0.25) is 9.89 Å². The van der Waals surface area contributed by atoms with Gasteiger partial charge >= 0.3 is 6.09 Å². The summed E-state index contributed by atoms with van der Waals surface area (Å²) in [6, 6.07) is 0.394. The zero-order chi connectivity index (χ0) is 20.7. The molecule has 170 valence electrons. The Hall–Kier alpha value is -0.810. The average Bonchev–Trinajstić information content (AvgIpc) is 2.64. The third-order valence-corrected chi connectivity index (χ3v) is 5.02. The highest BCUT2D eigenvalue weighted by Crippen LogP contribution is 2.15. The third kappa shape index (κ3) is 9.25. The first kappa shape index (κ1) is 26.2. The quantitative estimate of drug-likeness (QED) is 0.337. The van der Waals surface area contributed by atoms with Gasteiger partial charge in [0.25, 0.3) is 0 Å². The highest BCUT2D eigenvalue weighted by molar-refractivity contribution is 14.0. The van der Waals surface area contributed by atoms with Crippen LogP contribution >= 0.6 is 24.0 Å². The number of aliphatic imine (C=N–C) groups is 1. The molecule has 1 unspecified atom stereocenters. The summed E-state index contributed by atoms with van der Waals surface area (Å²) in [5.41, 5.74) is 5.81. The van der Waals surface area contributed by atoms with Crippen molar-refractivity contribution in [1.29, 1.82) is 0 Å². The Labute approximate surface area is 193 Å². The Balaban J connectivity index is 0.00000420. The maximum absolute atomic E-state index is 12.2. The number of nitrogens with two attached hydrogens (primary N) is 1. The van der Waals surface area contributed by atoms with Gasteiger partial charge in [-0.15, -0.1) is 24.0 Å². The molecule has 2 N–H and O–H groups in total. The lowest BCUT2D eigenvalue weighted by Crippen LogP contribution is -2.53. The third-order valence-electron chi connectivity index (χ3n) is 5.02. The van der Waals surface area contributed by atoms with Crippen LogP contribution in [0.2, 0.25) is 0 Å². The van der Waals surface area contributed by atoms with Crippen molar-refractivity contribution < 1.29 is 14.3 Å². The summed E-state index contributed by atoms with van der Waals surface area (Å²) in [6.45, 7) is 16.9. The van der Waals surface area contributed by atoms with Crippen molar-refractivity contribution in [2.75, 3.05) is 59.0 Å². The van der Waals surface area contributed by atoms with E-state index in [4.69, 9.17) is 20.2 Å². The summed E-state index contributed by atoms with van der Waals surface area (Å²) < 4.78 is 10.9. The van der Waals surface area contributed by atoms with Gasteiger partial charge in [0.2, 0.25) is 0 Å². The van der Waals surface area contributed by atoms with Crippen molar-refractivity contribution in [3.8, 4) is 0 Å². The van der Waals surface area contributed by atoms with Crippen molar-refractivity contribution in [3.63, 3.8) is 0 Å². The van der Waals surface area contributed by atoms with Crippen LogP contribution in [0.3, 0.4) is 0 Å². The molecule has 8 nitrogen and oxygen atoms in total. The van der Waals surface area contributed by atoms with E-state index >= 15 is 0 Å². The van der Waals surface area contributed by atoms with E-state index in [2.05, 4.69) is 23.6 Å². The molecule has 9 heteroatoms. The number of hydrogen-bond donors (Lipinski definition) is 1. The highest BCUT2D eigenvalue weighted by atomic mass is 127. The zero-order valence-corrected chi connectivity index (χ0v) is 21.1. The molecule has 2 heterocycles. The summed E-state index contributed by atoms with van der Waals surface area (Å²) in [5.74, 6) is 1.19. The average molecular weight is 525 g/mol. The van der Waals surface area contributed by atoms with Gasteiger partial charge in [-0.1, -0.05) is 13.8 Å². The standard InChI is InChI=1S/C20H39N5O3.HI/c1-16(2)14-17(23-10-12-27-13-11-23)15-22-18(21)24-6-8-25(9-7-24)19(26)28-20(3,4)5;/h16-17H,6-15H2,1-5H3,(H2,21,22);1H. The van der Waals surface area contributed by atoms with E-state index in [-0.39, 0.29) is 30.1 Å². The van der Waals surface area contributed by atoms with Gasteiger partial charge in [0.15, 0.2) is 5.96 Å². The van der Waals surface area contributed by atoms with Crippen molar-refractivity contribution in [2.45, 2.75) is 52.7 Å². The number of nitrogens with zero attached hydrogens (tertiary/aromatic N) is 4. The SMILES string of the molecule is CC(C)CC(CN=C(N)N1CCN(C(=O)OC(C)(C)C)CC1)N1CCOCC1.I. The van der Waals surface area contributed by atoms with E-state index in [9.17, 15) is 4.79 Å². The summed E-state index contributed by atoms with van der Waals surface area (Å²) in [6.07, 6.45) is 0.843. The molecule has 2 aliphatic rings. The number of carbonyl (C=O) groups excluding carboxylic acids is 1. The second kappa shape index (κ2) is 12.1. The molecule has 0 radical (unpaired) electrons. The van der Waals surface area contributed by atoms with Crippen LogP contribution in [0.15, 0.2) is 4.99 Å². The van der Waals surface area contributed by atoms with Crippen molar-refractivity contribution in [2.24, 2.45) is 16.6 Å². The van der Waals surface area contributed by atoms with Crippen molar-refractivity contribution in [1.82, 2.24) is 14.7 Å². The van der Waals surface area contributed by atoms with Crippen LogP contribution in [0.25, 0.3) is 0 Å². The van der Waals surface area contributed by atoms with Crippen LogP contribution in [0.4, 0.5) is 4.79 Å². The molecule has 0 aromatic heterocycles. The first-order chi connectivity index (χ1) is 13.2. The fourth-order valence-corrected chi connectivity index (χ4v) is 3.57. The van der Waals surface area contributed by atoms with Gasteiger partial charge in [-0.2, -0.15) is 0 Å². The predicted molar refractivity (Wildman–Crippen MR) is 127 cm³/mol. The Morgan fingerprint density at radius 1 is 1.07 bits per heavy atom. The number of morpholine rings is 1. The van der Waals surface area contributed by atoms with E-state index in [1.54, 1.807) is 4.90 Å². The Morgan fingerprint density at radius 3 is 2.14 bits per heavy atom. The molecule has 0 aliphatic carbocycles. The van der Waals surface area contributed by atoms with Gasteiger partial charge in [0, 0.05) is 45.3 Å².